The number of carbonyl (C=O) groups is 2. The third-order valence-corrected chi connectivity index (χ3v) is 11.4. The van der Waals surface area contributed by atoms with Crippen molar-refractivity contribution in [2.24, 2.45) is 0 Å². The summed E-state index contributed by atoms with van der Waals surface area (Å²) >= 11 is 6.01. The molecule has 58 heavy (non-hydrogen) atoms. The SMILES string of the molecule is CC(C)(C)c1cc(CN(C(=O)CN(Cc2ccc(Cl)cc2)S(=O)(=O)c2c(F)c(F)c(F)c(F)c2F)c2ccc(C(=O)OCc3ccccc3)cc2)cc(C(C)(C)C)c1. The topological polar surface area (TPSA) is 84.0 Å². The van der Waals surface area contributed by atoms with Crippen LogP contribution in [-0.4, -0.2) is 31.1 Å². The fourth-order valence-corrected chi connectivity index (χ4v) is 7.55. The van der Waals surface area contributed by atoms with Gasteiger partial charge in [-0.3, -0.25) is 4.79 Å². The average Bonchev–Trinajstić information content (AvgIpc) is 3.17. The lowest BCUT2D eigenvalue weighted by atomic mass is 9.79. The third-order valence-electron chi connectivity index (χ3n) is 9.35. The summed E-state index contributed by atoms with van der Waals surface area (Å²) in [6, 6.07) is 26.2. The zero-order chi connectivity index (χ0) is 42.7. The monoisotopic (exact) mass is 840 g/mol. The molecular weight excluding hydrogens is 799 g/mol. The van der Waals surface area contributed by atoms with Crippen molar-refractivity contribution in [3.8, 4) is 0 Å². The Morgan fingerprint density at radius 1 is 0.638 bits per heavy atom. The molecule has 306 valence electrons. The highest BCUT2D eigenvalue weighted by molar-refractivity contribution is 7.89. The number of sulfonamides is 1. The Morgan fingerprint density at radius 3 is 1.67 bits per heavy atom. The van der Waals surface area contributed by atoms with Gasteiger partial charge in [0, 0.05) is 17.3 Å². The number of amides is 1. The van der Waals surface area contributed by atoms with E-state index in [1.807, 2.05) is 59.7 Å². The van der Waals surface area contributed by atoms with Crippen molar-refractivity contribution >= 4 is 39.2 Å². The molecule has 0 aliphatic carbocycles. The predicted octanol–water partition coefficient (Wildman–Crippen LogP) is 10.4. The summed E-state index contributed by atoms with van der Waals surface area (Å²) in [4.78, 5) is 26.7. The van der Waals surface area contributed by atoms with Crippen LogP contribution in [-0.2, 0) is 50.1 Å². The van der Waals surface area contributed by atoms with Crippen LogP contribution < -0.4 is 4.90 Å². The number of anilines is 1. The van der Waals surface area contributed by atoms with Gasteiger partial charge in [-0.05, 0) is 75.0 Å². The van der Waals surface area contributed by atoms with Crippen LogP contribution in [0.2, 0.25) is 5.02 Å². The van der Waals surface area contributed by atoms with E-state index < -0.39 is 69.0 Å². The number of esters is 1. The Labute approximate surface area is 340 Å². The fraction of sp³-hybridized carbons (Fsp3) is 0.273. The van der Waals surface area contributed by atoms with E-state index in [1.165, 1.54) is 53.4 Å². The molecule has 7 nitrogen and oxygen atoms in total. The maximum absolute atomic E-state index is 15.1. The second-order valence-corrected chi connectivity index (χ2v) is 18.1. The molecule has 5 aromatic rings. The van der Waals surface area contributed by atoms with Gasteiger partial charge in [0.25, 0.3) is 0 Å². The van der Waals surface area contributed by atoms with E-state index in [9.17, 15) is 31.2 Å². The molecule has 0 aliphatic heterocycles. The van der Waals surface area contributed by atoms with Crippen LogP contribution in [0.3, 0.4) is 0 Å². The van der Waals surface area contributed by atoms with E-state index in [1.54, 1.807) is 24.3 Å². The molecule has 0 saturated carbocycles. The number of nitrogens with zero attached hydrogens (tertiary/aromatic N) is 2. The standard InChI is InChI=1S/C44H42ClF5N2O5S/c1-43(2,3)31-20-29(21-32(22-31)44(4,5)6)24-52(34-18-14-30(15-19-34)42(54)57-26-28-10-8-7-9-11-28)35(53)25-51(23-27-12-16-33(45)17-13-27)58(55,56)41-39(49)37(47)36(46)38(48)40(41)50/h7-22H,23-26H2,1-6H3. The van der Waals surface area contributed by atoms with E-state index >= 15 is 8.78 Å². The average molecular weight is 841 g/mol. The van der Waals surface area contributed by atoms with Crippen LogP contribution in [0.25, 0.3) is 0 Å². The van der Waals surface area contributed by atoms with Gasteiger partial charge in [-0.2, -0.15) is 4.31 Å². The van der Waals surface area contributed by atoms with Gasteiger partial charge in [-0.15, -0.1) is 0 Å². The molecule has 0 bridgehead atoms. The van der Waals surface area contributed by atoms with E-state index in [2.05, 4.69) is 6.07 Å². The quantitative estimate of drug-likeness (QED) is 0.0541. The Kier molecular flexibility index (Phi) is 13.2. The number of hydrogen-bond donors (Lipinski definition) is 0. The van der Waals surface area contributed by atoms with Gasteiger partial charge in [0.15, 0.2) is 28.2 Å². The maximum atomic E-state index is 15.1. The van der Waals surface area contributed by atoms with Crippen molar-refractivity contribution in [2.75, 3.05) is 11.4 Å². The van der Waals surface area contributed by atoms with E-state index in [4.69, 9.17) is 16.3 Å². The van der Waals surface area contributed by atoms with Crippen molar-refractivity contribution in [1.82, 2.24) is 4.31 Å². The number of ether oxygens (including phenoxy) is 1. The third kappa shape index (κ3) is 10.1. The van der Waals surface area contributed by atoms with Gasteiger partial charge >= 0.3 is 5.97 Å². The molecule has 1 amide bonds. The molecule has 0 saturated heterocycles. The van der Waals surface area contributed by atoms with Crippen LogP contribution in [0, 0.1) is 29.1 Å². The minimum Gasteiger partial charge on any atom is -0.457 e. The van der Waals surface area contributed by atoms with Gasteiger partial charge in [0.1, 0.15) is 6.61 Å². The Balaban J connectivity index is 1.60. The van der Waals surface area contributed by atoms with Gasteiger partial charge in [0.05, 0.1) is 18.7 Å². The highest BCUT2D eigenvalue weighted by atomic mass is 35.5. The van der Waals surface area contributed by atoms with Crippen LogP contribution in [0.4, 0.5) is 27.6 Å². The van der Waals surface area contributed by atoms with E-state index in [0.717, 1.165) is 16.7 Å². The van der Waals surface area contributed by atoms with Crippen molar-refractivity contribution < 1.29 is 44.7 Å². The molecule has 0 fully saturated rings. The lowest BCUT2D eigenvalue weighted by Gasteiger charge is -2.30. The molecule has 0 spiro atoms. The zero-order valence-electron chi connectivity index (χ0n) is 32.7. The lowest BCUT2D eigenvalue weighted by Crippen LogP contribution is -2.43. The zero-order valence-corrected chi connectivity index (χ0v) is 34.3. The molecule has 0 radical (unpaired) electrons. The van der Waals surface area contributed by atoms with Crippen molar-refractivity contribution in [2.45, 2.75) is 77.0 Å². The van der Waals surface area contributed by atoms with Crippen molar-refractivity contribution in [3.63, 3.8) is 0 Å². The van der Waals surface area contributed by atoms with Gasteiger partial charge < -0.3 is 9.64 Å². The Hall–Kier alpha value is -5.11. The molecule has 0 N–H and O–H groups in total. The van der Waals surface area contributed by atoms with E-state index in [0.29, 0.717) is 9.87 Å². The highest BCUT2D eigenvalue weighted by Crippen LogP contribution is 2.33. The molecular formula is C44H42ClF5N2O5S. The first-order valence-electron chi connectivity index (χ1n) is 18.1. The second-order valence-electron chi connectivity index (χ2n) is 15.8. The molecule has 0 heterocycles. The Morgan fingerprint density at radius 2 is 1.16 bits per heavy atom. The molecule has 0 aromatic heterocycles. The number of halogens is 6. The molecule has 0 unspecified atom stereocenters. The minimum atomic E-state index is -5.62. The second kappa shape index (κ2) is 17.4. The normalized spacial score (nSPS) is 12.2. The van der Waals surface area contributed by atoms with Crippen LogP contribution in [0.15, 0.2) is 102 Å². The predicted molar refractivity (Wildman–Crippen MR) is 212 cm³/mol. The number of benzene rings is 5. The largest absolute Gasteiger partial charge is 0.457 e. The smallest absolute Gasteiger partial charge is 0.338 e. The van der Waals surface area contributed by atoms with Crippen molar-refractivity contribution in [3.05, 3.63) is 165 Å². The number of carbonyl (C=O) groups excluding carboxylic acids is 2. The van der Waals surface area contributed by atoms with Crippen LogP contribution >= 0.6 is 11.6 Å². The summed E-state index contributed by atoms with van der Waals surface area (Å²) in [7, 11) is -5.62. The van der Waals surface area contributed by atoms with Crippen LogP contribution in [0.5, 0.6) is 0 Å². The molecule has 0 atom stereocenters. The number of rotatable bonds is 12. The summed E-state index contributed by atoms with van der Waals surface area (Å²) in [6.07, 6.45) is 0. The van der Waals surface area contributed by atoms with E-state index in [-0.39, 0.29) is 45.8 Å². The summed E-state index contributed by atoms with van der Waals surface area (Å²) in [5.41, 5.74) is 3.16. The summed E-state index contributed by atoms with van der Waals surface area (Å²) < 4.78 is 107. The number of hydrogen-bond acceptors (Lipinski definition) is 5. The first-order valence-corrected chi connectivity index (χ1v) is 19.9. The highest BCUT2D eigenvalue weighted by Gasteiger charge is 2.39. The maximum Gasteiger partial charge on any atom is 0.338 e. The summed E-state index contributed by atoms with van der Waals surface area (Å²) in [5.74, 6) is -14.2. The molecule has 5 rings (SSSR count). The molecule has 0 aliphatic rings. The first kappa shape index (κ1) is 44.0. The summed E-state index contributed by atoms with van der Waals surface area (Å²) in [6.45, 7) is 10.2. The first-order chi connectivity index (χ1) is 27.1. The molecule has 5 aromatic carbocycles. The fourth-order valence-electron chi connectivity index (χ4n) is 5.94. The lowest BCUT2D eigenvalue weighted by molar-refractivity contribution is -0.119. The van der Waals surface area contributed by atoms with Crippen molar-refractivity contribution in [1.29, 1.82) is 0 Å². The minimum absolute atomic E-state index is 0.00718. The van der Waals surface area contributed by atoms with Crippen LogP contribution in [0.1, 0.15) is 79.7 Å². The van der Waals surface area contributed by atoms with Gasteiger partial charge in [-0.25, -0.2) is 35.2 Å². The molecule has 14 heteroatoms. The van der Waals surface area contributed by atoms with Gasteiger partial charge in [0.2, 0.25) is 21.7 Å². The summed E-state index contributed by atoms with van der Waals surface area (Å²) in [5, 5.41) is 0.264. The van der Waals surface area contributed by atoms with Gasteiger partial charge in [-0.1, -0.05) is 114 Å². The Bertz CT molecular complexity index is 2360.